The van der Waals surface area contributed by atoms with Crippen molar-refractivity contribution in [2.75, 3.05) is 6.61 Å². The van der Waals surface area contributed by atoms with E-state index in [2.05, 4.69) is 21.2 Å². The van der Waals surface area contributed by atoms with Gasteiger partial charge in [-0.25, -0.2) is 18.4 Å². The number of nitrogens with zero attached hydrogens (tertiary/aromatic N) is 1. The fourth-order valence-corrected chi connectivity index (χ4v) is 4.54. The number of nitrogens with one attached hydrogen (secondary N) is 2. The Bertz CT molecular complexity index is 1030. The van der Waals surface area contributed by atoms with Gasteiger partial charge in [-0.2, -0.15) is 0 Å². The molecule has 1 aliphatic carbocycles. The minimum atomic E-state index is -2.89. The van der Waals surface area contributed by atoms with Gasteiger partial charge in [-0.3, -0.25) is 15.1 Å². The van der Waals surface area contributed by atoms with E-state index < -0.39 is 53.1 Å². The summed E-state index contributed by atoms with van der Waals surface area (Å²) in [6.07, 6.45) is -0.537. The molecule has 2 unspecified atom stereocenters. The molecule has 2 N–H and O–H groups in total. The van der Waals surface area contributed by atoms with Gasteiger partial charge in [0.1, 0.15) is 5.60 Å². The van der Waals surface area contributed by atoms with Crippen LogP contribution in [0.25, 0.3) is 0 Å². The van der Waals surface area contributed by atoms with Gasteiger partial charge < -0.3 is 14.8 Å². The Morgan fingerprint density at radius 2 is 1.94 bits per heavy atom. The van der Waals surface area contributed by atoms with E-state index in [1.165, 1.54) is 11.0 Å². The topological polar surface area (TPSA) is 109 Å². The Balaban J connectivity index is 2.44. The number of alkyl halides is 2. The van der Waals surface area contributed by atoms with E-state index in [9.17, 15) is 23.2 Å². The average molecular weight is 574 g/mol. The van der Waals surface area contributed by atoms with Crippen molar-refractivity contribution < 1.29 is 32.6 Å². The highest BCUT2D eigenvalue weighted by molar-refractivity contribution is 9.12. The number of rotatable bonds is 7. The van der Waals surface area contributed by atoms with Crippen molar-refractivity contribution in [1.82, 2.24) is 10.2 Å². The van der Waals surface area contributed by atoms with Gasteiger partial charge >= 0.3 is 12.1 Å². The molecular weight excluding hydrogens is 540 g/mol. The van der Waals surface area contributed by atoms with Crippen LogP contribution in [0, 0.1) is 5.41 Å². The van der Waals surface area contributed by atoms with Crippen LogP contribution >= 0.6 is 15.9 Å². The molecule has 0 spiro atoms. The van der Waals surface area contributed by atoms with Gasteiger partial charge in [-0.05, 0) is 73.0 Å². The number of ether oxygens (including phenoxy) is 2. The number of likely N-dealkylation sites (tertiary alicyclic amines) is 1. The summed E-state index contributed by atoms with van der Waals surface area (Å²) in [5, 5.41) is 10.9. The molecule has 2 rings (SSSR count). The van der Waals surface area contributed by atoms with E-state index in [1.807, 2.05) is 0 Å². The second kappa shape index (κ2) is 11.2. The largest absolute Gasteiger partial charge is 0.464 e. The van der Waals surface area contributed by atoms with E-state index in [-0.39, 0.29) is 24.3 Å². The molecule has 1 amide bonds. The lowest BCUT2D eigenvalue weighted by Crippen LogP contribution is -2.56. The van der Waals surface area contributed by atoms with Crippen molar-refractivity contribution in [1.29, 1.82) is 5.41 Å². The van der Waals surface area contributed by atoms with Gasteiger partial charge in [0.25, 0.3) is 6.43 Å². The first kappa shape index (κ1) is 29.7. The maximum absolute atomic E-state index is 13.7. The Kier molecular flexibility index (Phi) is 9.25. The maximum atomic E-state index is 13.7. The standard InChI is InChI=1S/C25H34BrF2N3O5/c1-8-35-22(33)19(30-12-15-14(21(27)28)11-16(26)13(2)18(15)29)20(32)17-9-10-25(6,7)31(17)23(34)36-24(3,4)5/h11-12,17,19,21,29-30H,8-10H2,1-7H3/b15-12-,29-18?. The number of amides is 1. The highest BCUT2D eigenvalue weighted by atomic mass is 79.9. The molecule has 1 aliphatic heterocycles. The first-order chi connectivity index (χ1) is 16.5. The number of allylic oxidation sites excluding steroid dienone is 5. The van der Waals surface area contributed by atoms with Crippen molar-refractivity contribution in [3.05, 3.63) is 33.5 Å². The fraction of sp³-hybridized carbons (Fsp3) is 0.600. The Morgan fingerprint density at radius 1 is 1.33 bits per heavy atom. The molecule has 1 heterocycles. The zero-order valence-electron chi connectivity index (χ0n) is 21.6. The van der Waals surface area contributed by atoms with Crippen molar-refractivity contribution in [3.8, 4) is 0 Å². The van der Waals surface area contributed by atoms with E-state index >= 15 is 0 Å². The number of hydrogen-bond acceptors (Lipinski definition) is 7. The highest BCUT2D eigenvalue weighted by Gasteiger charge is 2.50. The highest BCUT2D eigenvalue weighted by Crippen LogP contribution is 2.36. The molecule has 0 aromatic rings. The molecule has 0 aromatic heterocycles. The van der Waals surface area contributed by atoms with E-state index in [0.717, 1.165) is 6.20 Å². The quantitative estimate of drug-likeness (QED) is 0.326. The monoisotopic (exact) mass is 573 g/mol. The molecule has 8 nitrogen and oxygen atoms in total. The molecule has 0 bridgehead atoms. The molecule has 0 saturated carbocycles. The zero-order valence-corrected chi connectivity index (χ0v) is 23.2. The van der Waals surface area contributed by atoms with Gasteiger partial charge in [-0.1, -0.05) is 15.9 Å². The maximum Gasteiger partial charge on any atom is 0.411 e. The van der Waals surface area contributed by atoms with E-state index in [1.54, 1.807) is 48.5 Å². The minimum Gasteiger partial charge on any atom is -0.464 e. The van der Waals surface area contributed by atoms with Crippen LogP contribution in [-0.2, 0) is 19.1 Å². The van der Waals surface area contributed by atoms with Gasteiger partial charge in [-0.15, -0.1) is 0 Å². The third kappa shape index (κ3) is 6.60. The van der Waals surface area contributed by atoms with Crippen molar-refractivity contribution in [2.24, 2.45) is 0 Å². The van der Waals surface area contributed by atoms with Crippen LogP contribution in [0.1, 0.15) is 61.3 Å². The van der Waals surface area contributed by atoms with Crippen LogP contribution in [0.5, 0.6) is 0 Å². The molecular formula is C25H34BrF2N3O5. The fourth-order valence-electron chi connectivity index (χ4n) is 4.09. The molecule has 200 valence electrons. The van der Waals surface area contributed by atoms with Crippen LogP contribution in [0.3, 0.4) is 0 Å². The lowest BCUT2D eigenvalue weighted by molar-refractivity contribution is -0.149. The number of hydrogen-bond donors (Lipinski definition) is 2. The first-order valence-corrected chi connectivity index (χ1v) is 12.5. The van der Waals surface area contributed by atoms with Crippen molar-refractivity contribution in [3.63, 3.8) is 0 Å². The summed E-state index contributed by atoms with van der Waals surface area (Å²) in [5.74, 6) is -1.56. The number of carbonyl (C=O) groups excluding carboxylic acids is 3. The predicted octanol–water partition coefficient (Wildman–Crippen LogP) is 5.03. The predicted molar refractivity (Wildman–Crippen MR) is 135 cm³/mol. The Morgan fingerprint density at radius 3 is 2.47 bits per heavy atom. The van der Waals surface area contributed by atoms with E-state index in [4.69, 9.17) is 14.9 Å². The summed E-state index contributed by atoms with van der Waals surface area (Å²) in [5.41, 5.74) is -1.86. The van der Waals surface area contributed by atoms with Crippen LogP contribution in [0.4, 0.5) is 13.6 Å². The summed E-state index contributed by atoms with van der Waals surface area (Å²) >= 11 is 3.18. The number of carbonyl (C=O) groups is 3. The molecule has 1 saturated heterocycles. The number of halogens is 3. The SMILES string of the molecule is CCOC(=O)C(N/C=C1\C(=N)C(C)=C(Br)C=C1C(F)F)C(=O)C1CCC(C)(C)N1C(=O)OC(C)(C)C. The number of esters is 1. The van der Waals surface area contributed by atoms with Crippen LogP contribution in [0.2, 0.25) is 0 Å². The summed E-state index contributed by atoms with van der Waals surface area (Å²) < 4.78 is 38.4. The van der Waals surface area contributed by atoms with Gasteiger partial charge in [0.2, 0.25) is 0 Å². The van der Waals surface area contributed by atoms with Crippen molar-refractivity contribution >= 4 is 39.5 Å². The molecule has 0 aromatic carbocycles. The Labute approximate surface area is 218 Å². The second-order valence-corrected chi connectivity index (χ2v) is 11.1. The number of Topliss-reactive ketones (excluding diaryl/α,β-unsaturated/α-hetero) is 1. The van der Waals surface area contributed by atoms with Gasteiger partial charge in [0, 0.05) is 27.4 Å². The normalized spacial score (nSPS) is 22.0. The summed E-state index contributed by atoms with van der Waals surface area (Å²) in [6, 6.07) is -2.58. The number of ketones is 1. The summed E-state index contributed by atoms with van der Waals surface area (Å²) in [7, 11) is 0. The average Bonchev–Trinajstić information content (AvgIpc) is 3.07. The van der Waals surface area contributed by atoms with Crippen LogP contribution < -0.4 is 5.32 Å². The summed E-state index contributed by atoms with van der Waals surface area (Å²) in [6.45, 7) is 11.9. The minimum absolute atomic E-state index is 0.0143. The van der Waals surface area contributed by atoms with Gasteiger partial charge in [0.15, 0.2) is 11.8 Å². The van der Waals surface area contributed by atoms with Gasteiger partial charge in [0.05, 0.1) is 18.4 Å². The third-order valence-corrected chi connectivity index (χ3v) is 6.77. The van der Waals surface area contributed by atoms with Crippen molar-refractivity contribution in [2.45, 2.75) is 91.0 Å². The second-order valence-electron chi connectivity index (χ2n) is 10.3. The first-order valence-electron chi connectivity index (χ1n) is 11.7. The van der Waals surface area contributed by atoms with E-state index in [0.29, 0.717) is 16.5 Å². The third-order valence-electron chi connectivity index (χ3n) is 5.94. The lowest BCUT2D eigenvalue weighted by Gasteiger charge is -2.37. The molecule has 0 radical (unpaired) electrons. The molecule has 36 heavy (non-hydrogen) atoms. The smallest absolute Gasteiger partial charge is 0.411 e. The Hall–Kier alpha value is -2.56. The molecule has 2 atom stereocenters. The lowest BCUT2D eigenvalue weighted by atomic mass is 9.92. The zero-order chi connectivity index (χ0) is 27.6. The molecule has 2 aliphatic rings. The van der Waals surface area contributed by atoms with Crippen LogP contribution in [0.15, 0.2) is 33.5 Å². The summed E-state index contributed by atoms with van der Waals surface area (Å²) in [4.78, 5) is 40.8. The molecule has 11 heteroatoms. The molecule has 1 fully saturated rings. The van der Waals surface area contributed by atoms with Crippen LogP contribution in [-0.4, -0.2) is 64.7 Å².